The minimum absolute atomic E-state index is 0.219. The number of hydrogen-bond donors (Lipinski definition) is 2. The van der Waals surface area contributed by atoms with Gasteiger partial charge in [0.1, 0.15) is 0 Å². The van der Waals surface area contributed by atoms with Crippen LogP contribution < -0.4 is 11.1 Å². The molecule has 7 heteroatoms. The Morgan fingerprint density at radius 1 is 1.59 bits per heavy atom. The van der Waals surface area contributed by atoms with Crippen LogP contribution in [0.1, 0.15) is 31.9 Å². The molecule has 1 amide bonds. The molecule has 0 aliphatic carbocycles. The van der Waals surface area contributed by atoms with Gasteiger partial charge in [-0.15, -0.1) is 0 Å². The first-order valence-electron chi connectivity index (χ1n) is 7.88. The Labute approximate surface area is 131 Å². The molecule has 7 nitrogen and oxygen atoms in total. The van der Waals surface area contributed by atoms with Crippen LogP contribution in [-0.4, -0.2) is 46.2 Å². The summed E-state index contributed by atoms with van der Waals surface area (Å²) in [7, 11) is 1.92. The van der Waals surface area contributed by atoms with Crippen molar-refractivity contribution in [2.75, 3.05) is 19.6 Å². The number of nitrogens with zero attached hydrogens (tertiary/aromatic N) is 4. The van der Waals surface area contributed by atoms with Crippen LogP contribution in [0.2, 0.25) is 0 Å². The predicted molar refractivity (Wildman–Crippen MR) is 86.1 cm³/mol. The predicted octanol–water partition coefficient (Wildman–Crippen LogP) is 0.473. The highest BCUT2D eigenvalue weighted by Gasteiger charge is 2.23. The lowest BCUT2D eigenvalue weighted by Gasteiger charge is -2.34. The number of amides is 1. The van der Waals surface area contributed by atoms with Crippen LogP contribution in [-0.2, 0) is 18.4 Å². The number of carbonyl (C=O) groups is 1. The van der Waals surface area contributed by atoms with Crippen LogP contribution in [0, 0.1) is 5.92 Å². The first-order chi connectivity index (χ1) is 10.6. The number of carbonyl (C=O) groups excluding carboxylic acids is 1. The number of aliphatic imine (C=N–C) groups is 1. The van der Waals surface area contributed by atoms with Gasteiger partial charge in [0, 0.05) is 39.3 Å². The molecule has 22 heavy (non-hydrogen) atoms. The molecule has 1 aromatic heterocycles. The van der Waals surface area contributed by atoms with Gasteiger partial charge in [0.15, 0.2) is 5.96 Å². The molecule has 122 valence electrons. The molecule has 1 fully saturated rings. The number of hydrogen-bond acceptors (Lipinski definition) is 3. The molecular formula is C15H26N6O. The summed E-state index contributed by atoms with van der Waals surface area (Å²) in [5.74, 6) is 1.01. The van der Waals surface area contributed by atoms with E-state index in [1.807, 2.05) is 17.8 Å². The molecule has 0 saturated carbocycles. The Kier molecular flexibility index (Phi) is 5.80. The Hall–Kier alpha value is -2.05. The SMILES string of the molecule is CCNC(=NCc1ccnn1C)N1CCCC(CC(N)=O)C1. The summed E-state index contributed by atoms with van der Waals surface area (Å²) in [4.78, 5) is 18.1. The molecule has 1 aliphatic heterocycles. The van der Waals surface area contributed by atoms with Gasteiger partial charge in [-0.25, -0.2) is 4.99 Å². The zero-order chi connectivity index (χ0) is 15.9. The van der Waals surface area contributed by atoms with Crippen LogP contribution in [0.3, 0.4) is 0 Å². The zero-order valence-corrected chi connectivity index (χ0v) is 13.5. The third-order valence-corrected chi connectivity index (χ3v) is 3.96. The van der Waals surface area contributed by atoms with E-state index in [0.717, 1.165) is 44.1 Å². The van der Waals surface area contributed by atoms with E-state index in [9.17, 15) is 4.79 Å². The second-order valence-electron chi connectivity index (χ2n) is 5.74. The Balaban J connectivity index is 2.03. The molecule has 0 spiro atoms. The maximum atomic E-state index is 11.1. The fourth-order valence-electron chi connectivity index (χ4n) is 2.85. The van der Waals surface area contributed by atoms with Crippen molar-refractivity contribution in [1.29, 1.82) is 0 Å². The van der Waals surface area contributed by atoms with E-state index in [2.05, 4.69) is 22.2 Å². The molecule has 2 heterocycles. The summed E-state index contributed by atoms with van der Waals surface area (Å²) in [5.41, 5.74) is 6.40. The quantitative estimate of drug-likeness (QED) is 0.611. The smallest absolute Gasteiger partial charge is 0.217 e. The standard InChI is InChI=1S/C15H26N6O/c1-3-17-15(18-10-13-6-7-19-20(13)2)21-8-4-5-12(11-21)9-14(16)22/h6-7,12H,3-5,8-11H2,1-2H3,(H2,16,22)(H,17,18). The average molecular weight is 306 g/mol. The number of likely N-dealkylation sites (tertiary alicyclic amines) is 1. The van der Waals surface area contributed by atoms with Gasteiger partial charge in [0.05, 0.1) is 12.2 Å². The van der Waals surface area contributed by atoms with Gasteiger partial charge in [-0.2, -0.15) is 5.10 Å². The highest BCUT2D eigenvalue weighted by molar-refractivity contribution is 5.80. The van der Waals surface area contributed by atoms with Crippen molar-refractivity contribution in [2.45, 2.75) is 32.7 Å². The van der Waals surface area contributed by atoms with Gasteiger partial charge in [0.2, 0.25) is 5.91 Å². The van der Waals surface area contributed by atoms with Crippen molar-refractivity contribution in [3.63, 3.8) is 0 Å². The average Bonchev–Trinajstić information content (AvgIpc) is 2.88. The van der Waals surface area contributed by atoms with Gasteiger partial charge in [-0.3, -0.25) is 9.48 Å². The molecular weight excluding hydrogens is 280 g/mol. The Morgan fingerprint density at radius 3 is 3.05 bits per heavy atom. The molecule has 1 aliphatic rings. The number of aromatic nitrogens is 2. The zero-order valence-electron chi connectivity index (χ0n) is 13.5. The highest BCUT2D eigenvalue weighted by Crippen LogP contribution is 2.19. The van der Waals surface area contributed by atoms with Crippen LogP contribution in [0.15, 0.2) is 17.3 Å². The van der Waals surface area contributed by atoms with Gasteiger partial charge in [0.25, 0.3) is 0 Å². The van der Waals surface area contributed by atoms with Crippen LogP contribution >= 0.6 is 0 Å². The summed E-state index contributed by atoms with van der Waals surface area (Å²) in [6.07, 6.45) is 4.36. The summed E-state index contributed by atoms with van der Waals surface area (Å²) in [6.45, 7) is 5.27. The van der Waals surface area contributed by atoms with Gasteiger partial charge in [-0.1, -0.05) is 0 Å². The monoisotopic (exact) mass is 306 g/mol. The minimum atomic E-state index is -0.219. The second-order valence-corrected chi connectivity index (χ2v) is 5.74. The fraction of sp³-hybridized carbons (Fsp3) is 0.667. The fourth-order valence-corrected chi connectivity index (χ4v) is 2.85. The lowest BCUT2D eigenvalue weighted by atomic mass is 9.95. The van der Waals surface area contributed by atoms with Gasteiger partial charge >= 0.3 is 0 Å². The van der Waals surface area contributed by atoms with Crippen LogP contribution in [0.25, 0.3) is 0 Å². The van der Waals surface area contributed by atoms with Crippen molar-refractivity contribution in [2.24, 2.45) is 23.7 Å². The number of rotatable bonds is 5. The van der Waals surface area contributed by atoms with E-state index >= 15 is 0 Å². The summed E-state index contributed by atoms with van der Waals surface area (Å²) >= 11 is 0. The van der Waals surface area contributed by atoms with Gasteiger partial charge in [-0.05, 0) is 31.7 Å². The van der Waals surface area contributed by atoms with E-state index in [1.54, 1.807) is 6.20 Å². The topological polar surface area (TPSA) is 88.5 Å². The number of aryl methyl sites for hydroxylation is 1. The maximum Gasteiger partial charge on any atom is 0.217 e. The summed E-state index contributed by atoms with van der Waals surface area (Å²) < 4.78 is 1.83. The van der Waals surface area contributed by atoms with E-state index in [-0.39, 0.29) is 5.91 Å². The Morgan fingerprint density at radius 2 is 2.41 bits per heavy atom. The summed E-state index contributed by atoms with van der Waals surface area (Å²) in [6, 6.07) is 1.97. The number of piperidine rings is 1. The molecule has 1 atom stereocenters. The highest BCUT2D eigenvalue weighted by atomic mass is 16.1. The normalized spacial score (nSPS) is 19.3. The third-order valence-electron chi connectivity index (χ3n) is 3.96. The van der Waals surface area contributed by atoms with Crippen LogP contribution in [0.5, 0.6) is 0 Å². The molecule has 0 bridgehead atoms. The van der Waals surface area contributed by atoms with Crippen molar-refractivity contribution >= 4 is 11.9 Å². The van der Waals surface area contributed by atoms with Crippen molar-refractivity contribution in [3.8, 4) is 0 Å². The maximum absolute atomic E-state index is 11.1. The van der Waals surface area contributed by atoms with E-state index in [0.29, 0.717) is 18.9 Å². The van der Waals surface area contributed by atoms with Crippen LogP contribution in [0.4, 0.5) is 0 Å². The lowest BCUT2D eigenvalue weighted by molar-refractivity contribution is -0.119. The minimum Gasteiger partial charge on any atom is -0.370 e. The molecule has 3 N–H and O–H groups in total. The number of nitrogens with one attached hydrogen (secondary N) is 1. The summed E-state index contributed by atoms with van der Waals surface area (Å²) in [5, 5.41) is 7.50. The first kappa shape index (κ1) is 16.3. The second kappa shape index (κ2) is 7.82. The molecule has 0 radical (unpaired) electrons. The van der Waals surface area contributed by atoms with Crippen molar-refractivity contribution in [1.82, 2.24) is 20.0 Å². The molecule has 1 aromatic rings. The van der Waals surface area contributed by atoms with Crippen molar-refractivity contribution < 1.29 is 4.79 Å². The lowest BCUT2D eigenvalue weighted by Crippen LogP contribution is -2.47. The third kappa shape index (κ3) is 4.47. The molecule has 1 unspecified atom stereocenters. The first-order valence-corrected chi connectivity index (χ1v) is 7.88. The van der Waals surface area contributed by atoms with E-state index in [4.69, 9.17) is 10.7 Å². The Bertz CT molecular complexity index is 524. The molecule has 1 saturated heterocycles. The van der Waals surface area contributed by atoms with E-state index in [1.165, 1.54) is 0 Å². The van der Waals surface area contributed by atoms with Crippen molar-refractivity contribution in [3.05, 3.63) is 18.0 Å². The number of primary amides is 1. The van der Waals surface area contributed by atoms with E-state index < -0.39 is 0 Å². The number of nitrogens with two attached hydrogens (primary N) is 1. The largest absolute Gasteiger partial charge is 0.370 e. The molecule has 0 aromatic carbocycles. The number of guanidine groups is 1. The molecule has 2 rings (SSSR count). The van der Waals surface area contributed by atoms with Gasteiger partial charge < -0.3 is 16.0 Å².